The number of para-hydroxylation sites is 1. The van der Waals surface area contributed by atoms with E-state index in [-0.39, 0.29) is 12.1 Å². The monoisotopic (exact) mass is 237 g/mol. The molecule has 0 heterocycles. The minimum Gasteiger partial charge on any atom is -0.491 e. The van der Waals surface area contributed by atoms with Crippen molar-refractivity contribution in [2.24, 2.45) is 5.73 Å². The van der Waals surface area contributed by atoms with Crippen molar-refractivity contribution >= 4 is 0 Å². The van der Waals surface area contributed by atoms with Crippen LogP contribution in [-0.2, 0) is 11.2 Å². The highest BCUT2D eigenvalue weighted by Crippen LogP contribution is 2.20. The van der Waals surface area contributed by atoms with Crippen molar-refractivity contribution in [2.75, 3.05) is 13.7 Å². The maximum Gasteiger partial charge on any atom is 0.122 e. The van der Waals surface area contributed by atoms with Crippen LogP contribution in [0.4, 0.5) is 0 Å². The lowest BCUT2D eigenvalue weighted by molar-refractivity contribution is 0.0713. The van der Waals surface area contributed by atoms with Gasteiger partial charge in [0.25, 0.3) is 0 Å². The quantitative estimate of drug-likeness (QED) is 0.792. The van der Waals surface area contributed by atoms with Gasteiger partial charge < -0.3 is 15.2 Å². The second kappa shape index (κ2) is 7.30. The summed E-state index contributed by atoms with van der Waals surface area (Å²) in [5, 5.41) is 0. The molecule has 2 unspecified atom stereocenters. The van der Waals surface area contributed by atoms with Gasteiger partial charge in [0.05, 0.1) is 6.10 Å². The van der Waals surface area contributed by atoms with E-state index in [4.69, 9.17) is 15.2 Å². The van der Waals surface area contributed by atoms with Crippen molar-refractivity contribution in [1.29, 1.82) is 0 Å². The van der Waals surface area contributed by atoms with Gasteiger partial charge in [0.15, 0.2) is 0 Å². The third-order valence-corrected chi connectivity index (χ3v) is 2.86. The van der Waals surface area contributed by atoms with Gasteiger partial charge in [-0.1, -0.05) is 25.1 Å². The van der Waals surface area contributed by atoms with Crippen LogP contribution in [0.1, 0.15) is 25.8 Å². The summed E-state index contributed by atoms with van der Waals surface area (Å²) in [5.74, 6) is 0.917. The lowest BCUT2D eigenvalue weighted by atomic mass is 10.0. The average molecular weight is 237 g/mol. The Morgan fingerprint density at radius 3 is 2.65 bits per heavy atom. The van der Waals surface area contributed by atoms with Gasteiger partial charge in [0, 0.05) is 13.2 Å². The third kappa shape index (κ3) is 4.75. The summed E-state index contributed by atoms with van der Waals surface area (Å²) >= 11 is 0. The number of hydrogen-bond acceptors (Lipinski definition) is 3. The van der Waals surface area contributed by atoms with Crippen LogP contribution in [0.15, 0.2) is 24.3 Å². The molecule has 2 N–H and O–H groups in total. The SMILES string of the molecule is CCC(N)Cc1ccccc1OCC(C)OC. The van der Waals surface area contributed by atoms with Crippen LogP contribution in [-0.4, -0.2) is 25.9 Å². The largest absolute Gasteiger partial charge is 0.491 e. The molecule has 1 aromatic carbocycles. The molecule has 2 atom stereocenters. The van der Waals surface area contributed by atoms with E-state index in [0.717, 1.165) is 18.6 Å². The topological polar surface area (TPSA) is 44.5 Å². The van der Waals surface area contributed by atoms with E-state index in [2.05, 4.69) is 13.0 Å². The standard InChI is InChI=1S/C14H23NO2/c1-4-13(15)9-12-7-5-6-8-14(12)17-10-11(2)16-3/h5-8,11,13H,4,9-10,15H2,1-3H3. The predicted molar refractivity (Wildman–Crippen MR) is 70.4 cm³/mol. The van der Waals surface area contributed by atoms with E-state index >= 15 is 0 Å². The van der Waals surface area contributed by atoms with E-state index in [1.807, 2.05) is 25.1 Å². The molecule has 0 aliphatic rings. The van der Waals surface area contributed by atoms with Crippen molar-refractivity contribution < 1.29 is 9.47 Å². The summed E-state index contributed by atoms with van der Waals surface area (Å²) in [5.41, 5.74) is 7.15. The van der Waals surface area contributed by atoms with Crippen LogP contribution in [0.3, 0.4) is 0 Å². The molecule has 0 amide bonds. The molecule has 0 bridgehead atoms. The molecule has 0 aromatic heterocycles. The summed E-state index contributed by atoms with van der Waals surface area (Å²) < 4.78 is 10.9. The van der Waals surface area contributed by atoms with Gasteiger partial charge >= 0.3 is 0 Å². The van der Waals surface area contributed by atoms with Gasteiger partial charge in [-0.05, 0) is 31.4 Å². The lowest BCUT2D eigenvalue weighted by Crippen LogP contribution is -2.22. The zero-order valence-electron chi connectivity index (χ0n) is 11.0. The third-order valence-electron chi connectivity index (χ3n) is 2.86. The number of ether oxygens (including phenoxy) is 2. The predicted octanol–water partition coefficient (Wildman–Crippen LogP) is 2.38. The number of benzene rings is 1. The van der Waals surface area contributed by atoms with Crippen molar-refractivity contribution in [1.82, 2.24) is 0 Å². The molecule has 17 heavy (non-hydrogen) atoms. The van der Waals surface area contributed by atoms with Crippen molar-refractivity contribution in [2.45, 2.75) is 38.8 Å². The summed E-state index contributed by atoms with van der Waals surface area (Å²) in [6.07, 6.45) is 1.93. The fourth-order valence-corrected chi connectivity index (χ4v) is 1.52. The Kier molecular flexibility index (Phi) is 6.01. The molecule has 96 valence electrons. The smallest absolute Gasteiger partial charge is 0.122 e. The summed E-state index contributed by atoms with van der Waals surface area (Å²) in [7, 11) is 1.69. The van der Waals surface area contributed by atoms with Crippen molar-refractivity contribution in [3.05, 3.63) is 29.8 Å². The number of nitrogens with two attached hydrogens (primary N) is 1. The van der Waals surface area contributed by atoms with Gasteiger partial charge in [-0.3, -0.25) is 0 Å². The highest BCUT2D eigenvalue weighted by Gasteiger charge is 2.08. The summed E-state index contributed by atoms with van der Waals surface area (Å²) in [4.78, 5) is 0. The molecule has 0 spiro atoms. The van der Waals surface area contributed by atoms with Gasteiger partial charge in [-0.25, -0.2) is 0 Å². The maximum atomic E-state index is 5.98. The lowest BCUT2D eigenvalue weighted by Gasteiger charge is -2.16. The molecule has 1 rings (SSSR count). The fourth-order valence-electron chi connectivity index (χ4n) is 1.52. The number of hydrogen-bond donors (Lipinski definition) is 1. The zero-order valence-corrected chi connectivity index (χ0v) is 11.0. The minimum absolute atomic E-state index is 0.0999. The van der Waals surface area contributed by atoms with E-state index in [1.54, 1.807) is 7.11 Å². The second-order valence-electron chi connectivity index (χ2n) is 4.34. The Labute approximate surface area is 104 Å². The van der Waals surface area contributed by atoms with Gasteiger partial charge in [0.1, 0.15) is 12.4 Å². The maximum absolute atomic E-state index is 5.98. The van der Waals surface area contributed by atoms with Crippen LogP contribution >= 0.6 is 0 Å². The minimum atomic E-state index is 0.0999. The molecule has 0 radical (unpaired) electrons. The molecule has 1 aromatic rings. The summed E-state index contributed by atoms with van der Waals surface area (Å²) in [6.45, 7) is 4.65. The molecule has 0 saturated carbocycles. The van der Waals surface area contributed by atoms with Crippen LogP contribution < -0.4 is 10.5 Å². The second-order valence-corrected chi connectivity index (χ2v) is 4.34. The Bertz CT molecular complexity index is 328. The first-order valence-electron chi connectivity index (χ1n) is 6.16. The van der Waals surface area contributed by atoms with Gasteiger partial charge in [0.2, 0.25) is 0 Å². The van der Waals surface area contributed by atoms with Gasteiger partial charge in [-0.2, -0.15) is 0 Å². The van der Waals surface area contributed by atoms with E-state index in [0.29, 0.717) is 6.61 Å². The van der Waals surface area contributed by atoms with Crippen LogP contribution in [0, 0.1) is 0 Å². The van der Waals surface area contributed by atoms with Crippen LogP contribution in [0.2, 0.25) is 0 Å². The van der Waals surface area contributed by atoms with Crippen LogP contribution in [0.5, 0.6) is 5.75 Å². The van der Waals surface area contributed by atoms with E-state index in [1.165, 1.54) is 5.56 Å². The fraction of sp³-hybridized carbons (Fsp3) is 0.571. The number of rotatable bonds is 7. The molecule has 0 aliphatic carbocycles. The van der Waals surface area contributed by atoms with Crippen LogP contribution in [0.25, 0.3) is 0 Å². The molecular formula is C14H23NO2. The molecular weight excluding hydrogens is 214 g/mol. The molecule has 3 heteroatoms. The van der Waals surface area contributed by atoms with Crippen molar-refractivity contribution in [3.8, 4) is 5.75 Å². The molecule has 0 fully saturated rings. The highest BCUT2D eigenvalue weighted by atomic mass is 16.5. The van der Waals surface area contributed by atoms with E-state index in [9.17, 15) is 0 Å². The number of methoxy groups -OCH3 is 1. The van der Waals surface area contributed by atoms with Gasteiger partial charge in [-0.15, -0.1) is 0 Å². The zero-order chi connectivity index (χ0) is 12.7. The first-order chi connectivity index (χ1) is 8.17. The van der Waals surface area contributed by atoms with E-state index < -0.39 is 0 Å². The average Bonchev–Trinajstić information content (AvgIpc) is 2.37. The summed E-state index contributed by atoms with van der Waals surface area (Å²) in [6, 6.07) is 8.25. The Morgan fingerprint density at radius 1 is 1.29 bits per heavy atom. The Hall–Kier alpha value is -1.06. The molecule has 0 saturated heterocycles. The molecule has 0 aliphatic heterocycles. The Balaban J connectivity index is 2.64. The Morgan fingerprint density at radius 2 is 2.00 bits per heavy atom. The molecule has 3 nitrogen and oxygen atoms in total. The highest BCUT2D eigenvalue weighted by molar-refractivity contribution is 5.33. The van der Waals surface area contributed by atoms with Crippen molar-refractivity contribution in [3.63, 3.8) is 0 Å². The first-order valence-corrected chi connectivity index (χ1v) is 6.16. The normalized spacial score (nSPS) is 14.4. The first kappa shape index (κ1) is 14.0.